The van der Waals surface area contributed by atoms with Crippen LogP contribution in [0.2, 0.25) is 0 Å². The molecule has 0 amide bonds. The topological polar surface area (TPSA) is 55.3 Å². The van der Waals surface area contributed by atoms with Gasteiger partial charge in [-0.1, -0.05) is 19.8 Å². The summed E-state index contributed by atoms with van der Waals surface area (Å²) < 4.78 is 4.49. The molecular weight excluding hydrogens is 223 g/mol. The quantitative estimate of drug-likeness (QED) is 0.405. The van der Waals surface area contributed by atoms with Crippen molar-refractivity contribution in [2.45, 2.75) is 31.1 Å². The molecule has 0 N–H and O–H groups in total. The van der Waals surface area contributed by atoms with Gasteiger partial charge in [0, 0.05) is 4.90 Å². The zero-order valence-corrected chi connectivity index (χ0v) is 10.2. The van der Waals surface area contributed by atoms with Gasteiger partial charge in [-0.2, -0.15) is 0 Å². The largest absolute Gasteiger partial charge is 0.860 e. The molecule has 0 heterocycles. The number of unbranched alkanes of at least 4 members (excludes halogenated alkanes) is 2. The van der Waals surface area contributed by atoms with Crippen LogP contribution in [0.1, 0.15) is 26.2 Å². The van der Waals surface area contributed by atoms with Gasteiger partial charge in [0.1, 0.15) is 7.32 Å². The molecule has 0 aliphatic rings. The summed E-state index contributed by atoms with van der Waals surface area (Å²) in [7, 11) is -2.25. The Hall–Kier alpha value is -0.645. The Kier molecular flexibility index (Phi) is 6.37. The summed E-state index contributed by atoms with van der Waals surface area (Å²) in [6.45, 7) is 2.18. The second-order valence-corrected chi connectivity index (χ2v) is 4.60. The van der Waals surface area contributed by atoms with E-state index in [9.17, 15) is 10.0 Å². The predicted octanol–water partition coefficient (Wildman–Crippen LogP) is 1.05. The van der Waals surface area contributed by atoms with Crippen molar-refractivity contribution in [1.82, 2.24) is 0 Å². The molecule has 0 aliphatic heterocycles. The second kappa shape index (κ2) is 7.60. The molecule has 16 heavy (non-hydrogen) atoms. The first-order chi connectivity index (χ1) is 7.72. The van der Waals surface area contributed by atoms with Gasteiger partial charge in [0.2, 0.25) is 0 Å². The molecule has 0 saturated heterocycles. The van der Waals surface area contributed by atoms with Gasteiger partial charge in [0.25, 0.3) is 0 Å². The molecule has 5 heteroatoms. The first-order valence-electron chi connectivity index (χ1n) is 5.43. The Bertz CT molecular complexity index is 290. The summed E-state index contributed by atoms with van der Waals surface area (Å²) in [5, 5.41) is 20.5. The van der Waals surface area contributed by atoms with Gasteiger partial charge in [0.05, 0.1) is 5.75 Å². The fraction of sp³-hybridized carbons (Fsp3) is 0.455. The number of hydrogen-bond donors (Lipinski definition) is 0. The average Bonchev–Trinajstić information content (AvgIpc) is 2.26. The molecule has 0 fully saturated rings. The molecule has 0 aromatic heterocycles. The van der Waals surface area contributed by atoms with E-state index in [1.807, 2.05) is 12.1 Å². The van der Waals surface area contributed by atoms with Crippen LogP contribution in [0.4, 0.5) is 0 Å². The Balaban J connectivity index is 2.33. The standard InChI is InChI=1S/C11H15BO3S/c1-2-3-4-9-16-11-7-5-10(6-8-11)15-12(13)14/h5-8H,2-4,9H2,1H3/q-2. The van der Waals surface area contributed by atoms with Crippen molar-refractivity contribution in [3.63, 3.8) is 0 Å². The highest BCUT2D eigenvalue weighted by molar-refractivity contribution is 7.99. The van der Waals surface area contributed by atoms with Crippen LogP contribution in [-0.2, 0) is 0 Å². The molecule has 0 unspecified atom stereocenters. The summed E-state index contributed by atoms with van der Waals surface area (Å²) in [6.07, 6.45) is 3.69. The molecule has 1 aromatic carbocycles. The molecule has 0 radical (unpaired) electrons. The third kappa shape index (κ3) is 5.44. The van der Waals surface area contributed by atoms with Gasteiger partial charge >= 0.3 is 0 Å². The van der Waals surface area contributed by atoms with Crippen molar-refractivity contribution in [2.24, 2.45) is 0 Å². The van der Waals surface area contributed by atoms with Gasteiger partial charge in [-0.15, -0.1) is 11.8 Å². The molecule has 3 nitrogen and oxygen atoms in total. The third-order valence-corrected chi connectivity index (χ3v) is 3.17. The van der Waals surface area contributed by atoms with Crippen molar-refractivity contribution in [3.05, 3.63) is 24.3 Å². The lowest BCUT2D eigenvalue weighted by atomic mass is 10.2. The first-order valence-corrected chi connectivity index (χ1v) is 6.42. The van der Waals surface area contributed by atoms with Crippen LogP contribution in [0, 0.1) is 0 Å². The highest BCUT2D eigenvalue weighted by Gasteiger charge is 1.95. The maximum absolute atomic E-state index is 10.2. The van der Waals surface area contributed by atoms with Crippen molar-refractivity contribution < 1.29 is 14.7 Å². The van der Waals surface area contributed by atoms with Crippen LogP contribution in [0.3, 0.4) is 0 Å². The lowest BCUT2D eigenvalue weighted by molar-refractivity contribution is -0.372. The molecule has 0 saturated carbocycles. The minimum atomic E-state index is -2.25. The lowest BCUT2D eigenvalue weighted by Crippen LogP contribution is -2.50. The van der Waals surface area contributed by atoms with Crippen LogP contribution in [0.15, 0.2) is 29.2 Å². The number of benzene rings is 1. The zero-order chi connectivity index (χ0) is 11.8. The van der Waals surface area contributed by atoms with E-state index in [0.717, 1.165) is 10.6 Å². The Morgan fingerprint density at radius 3 is 2.44 bits per heavy atom. The van der Waals surface area contributed by atoms with Crippen LogP contribution >= 0.6 is 11.8 Å². The first kappa shape index (κ1) is 13.4. The minimum Gasteiger partial charge on any atom is -0.860 e. The van der Waals surface area contributed by atoms with Gasteiger partial charge < -0.3 is 14.7 Å². The second-order valence-electron chi connectivity index (χ2n) is 3.43. The van der Waals surface area contributed by atoms with E-state index < -0.39 is 7.32 Å². The van der Waals surface area contributed by atoms with Gasteiger partial charge in [-0.25, -0.2) is 0 Å². The Morgan fingerprint density at radius 2 is 1.88 bits per heavy atom. The van der Waals surface area contributed by atoms with Crippen molar-refractivity contribution in [2.75, 3.05) is 5.75 Å². The fourth-order valence-corrected chi connectivity index (χ4v) is 2.18. The third-order valence-electron chi connectivity index (χ3n) is 2.07. The molecular formula is C11H15BO3S-2. The van der Waals surface area contributed by atoms with Crippen molar-refractivity contribution >= 4 is 19.1 Å². The zero-order valence-electron chi connectivity index (χ0n) is 9.35. The molecule has 1 rings (SSSR count). The van der Waals surface area contributed by atoms with Gasteiger partial charge in [-0.05, 0) is 36.4 Å². The molecule has 0 bridgehead atoms. The van der Waals surface area contributed by atoms with Gasteiger partial charge in [-0.3, -0.25) is 0 Å². The van der Waals surface area contributed by atoms with Crippen molar-refractivity contribution in [1.29, 1.82) is 0 Å². The minimum absolute atomic E-state index is 0.341. The average molecular weight is 238 g/mol. The fourth-order valence-electron chi connectivity index (χ4n) is 1.27. The number of thioether (sulfide) groups is 1. The van der Waals surface area contributed by atoms with Crippen LogP contribution < -0.4 is 14.7 Å². The monoisotopic (exact) mass is 238 g/mol. The summed E-state index contributed by atoms with van der Waals surface area (Å²) >= 11 is 1.78. The number of rotatable bonds is 7. The Morgan fingerprint density at radius 1 is 1.19 bits per heavy atom. The van der Waals surface area contributed by atoms with E-state index in [1.165, 1.54) is 19.3 Å². The summed E-state index contributed by atoms with van der Waals surface area (Å²) in [5.41, 5.74) is 0. The smallest absolute Gasteiger partial charge is 0.133 e. The van der Waals surface area contributed by atoms with E-state index in [1.54, 1.807) is 23.9 Å². The van der Waals surface area contributed by atoms with Crippen LogP contribution in [-0.4, -0.2) is 13.1 Å². The van der Waals surface area contributed by atoms with Gasteiger partial charge in [0.15, 0.2) is 0 Å². The lowest BCUT2D eigenvalue weighted by Gasteiger charge is -2.26. The van der Waals surface area contributed by atoms with E-state index in [4.69, 9.17) is 0 Å². The maximum Gasteiger partial charge on any atom is 0.133 e. The highest BCUT2D eigenvalue weighted by atomic mass is 32.2. The molecule has 0 spiro atoms. The van der Waals surface area contributed by atoms with E-state index in [-0.39, 0.29) is 0 Å². The molecule has 0 aliphatic carbocycles. The number of hydrogen-bond acceptors (Lipinski definition) is 4. The maximum atomic E-state index is 10.2. The predicted molar refractivity (Wildman–Crippen MR) is 63.1 cm³/mol. The highest BCUT2D eigenvalue weighted by Crippen LogP contribution is 2.22. The molecule has 88 valence electrons. The van der Waals surface area contributed by atoms with E-state index in [0.29, 0.717) is 5.75 Å². The molecule has 1 aromatic rings. The SMILES string of the molecule is CCCCCSc1ccc(OB([O-])[O-])cc1. The normalized spacial score (nSPS) is 10.2. The Labute approximate surface area is 101 Å². The van der Waals surface area contributed by atoms with Crippen LogP contribution in [0.25, 0.3) is 0 Å². The summed E-state index contributed by atoms with van der Waals surface area (Å²) in [5.74, 6) is 1.44. The molecule has 0 atom stereocenters. The van der Waals surface area contributed by atoms with Crippen molar-refractivity contribution in [3.8, 4) is 5.75 Å². The van der Waals surface area contributed by atoms with E-state index >= 15 is 0 Å². The van der Waals surface area contributed by atoms with E-state index in [2.05, 4.69) is 11.6 Å². The summed E-state index contributed by atoms with van der Waals surface area (Å²) in [6, 6.07) is 7.05. The van der Waals surface area contributed by atoms with Crippen LogP contribution in [0.5, 0.6) is 5.75 Å². The summed E-state index contributed by atoms with van der Waals surface area (Å²) in [4.78, 5) is 1.14.